The van der Waals surface area contributed by atoms with Gasteiger partial charge in [-0.15, -0.1) is 6.58 Å². The van der Waals surface area contributed by atoms with Crippen molar-refractivity contribution in [2.75, 3.05) is 0 Å². The molecule has 2 heterocycles. The van der Waals surface area contributed by atoms with Gasteiger partial charge in [-0.2, -0.15) is 0 Å². The molecule has 0 unspecified atom stereocenters. The lowest BCUT2D eigenvalue weighted by Crippen LogP contribution is -2.12. The number of benzene rings is 1. The summed E-state index contributed by atoms with van der Waals surface area (Å²) in [5.41, 5.74) is 2.55. The van der Waals surface area contributed by atoms with Gasteiger partial charge in [0, 0.05) is 18.8 Å². The average Bonchev–Trinajstić information content (AvgIpc) is 2.51. The van der Waals surface area contributed by atoms with Crippen LogP contribution in [-0.2, 0) is 6.54 Å². The number of nitrogens with zero attached hydrogens (tertiary/aromatic N) is 2. The van der Waals surface area contributed by atoms with Crippen molar-refractivity contribution in [3.8, 4) is 11.3 Å². The molecule has 0 atom stereocenters. The van der Waals surface area contributed by atoms with Gasteiger partial charge in [0.25, 0.3) is 0 Å². The van der Waals surface area contributed by atoms with E-state index in [0.29, 0.717) is 17.6 Å². The highest BCUT2D eigenvalue weighted by Crippen LogP contribution is 2.21. The summed E-state index contributed by atoms with van der Waals surface area (Å²) >= 11 is 0. The van der Waals surface area contributed by atoms with Gasteiger partial charge in [-0.05, 0) is 17.7 Å². The Morgan fingerprint density at radius 1 is 1.15 bits per heavy atom. The van der Waals surface area contributed by atoms with E-state index in [4.69, 9.17) is 0 Å². The van der Waals surface area contributed by atoms with Crippen LogP contribution in [0.15, 0.2) is 72.2 Å². The molecule has 20 heavy (non-hydrogen) atoms. The van der Waals surface area contributed by atoms with Crippen LogP contribution < -0.4 is 5.43 Å². The molecule has 3 rings (SSSR count). The molecule has 0 aliphatic carbocycles. The number of aromatic nitrogens is 2. The minimum atomic E-state index is -0.00716. The van der Waals surface area contributed by atoms with Gasteiger partial charge in [0.05, 0.1) is 11.1 Å². The molecule has 0 saturated heterocycles. The van der Waals surface area contributed by atoms with E-state index >= 15 is 0 Å². The van der Waals surface area contributed by atoms with Crippen LogP contribution in [0.1, 0.15) is 0 Å². The molecular weight excluding hydrogens is 248 g/mol. The van der Waals surface area contributed by atoms with Gasteiger partial charge in [-0.3, -0.25) is 4.79 Å². The van der Waals surface area contributed by atoms with E-state index in [2.05, 4.69) is 11.6 Å². The molecule has 3 heteroatoms. The standard InChI is InChI=1S/C17H14N2O/c1-2-11-19-15(13-7-4-3-5-8-13)12-16(20)14-9-6-10-18-17(14)19/h2-10,12H,1,11H2. The third-order valence-corrected chi connectivity index (χ3v) is 3.25. The van der Waals surface area contributed by atoms with Crippen molar-refractivity contribution in [1.82, 2.24) is 9.55 Å². The SMILES string of the molecule is C=CCn1c(-c2ccccc2)cc(=O)c2cccnc21. The third-order valence-electron chi connectivity index (χ3n) is 3.25. The van der Waals surface area contributed by atoms with Gasteiger partial charge in [0.2, 0.25) is 0 Å². The number of allylic oxidation sites excluding steroid dienone is 1. The van der Waals surface area contributed by atoms with Gasteiger partial charge in [-0.1, -0.05) is 36.4 Å². The lowest BCUT2D eigenvalue weighted by atomic mass is 10.1. The number of pyridine rings is 2. The second-order valence-corrected chi connectivity index (χ2v) is 4.53. The molecule has 0 N–H and O–H groups in total. The van der Waals surface area contributed by atoms with E-state index in [1.54, 1.807) is 24.4 Å². The first kappa shape index (κ1) is 12.4. The van der Waals surface area contributed by atoms with Crippen LogP contribution in [-0.4, -0.2) is 9.55 Å². The van der Waals surface area contributed by atoms with Crippen LogP contribution >= 0.6 is 0 Å². The van der Waals surface area contributed by atoms with Gasteiger partial charge < -0.3 is 4.57 Å². The first-order valence-corrected chi connectivity index (χ1v) is 6.46. The van der Waals surface area contributed by atoms with Gasteiger partial charge in [0.1, 0.15) is 5.65 Å². The highest BCUT2D eigenvalue weighted by Gasteiger charge is 2.10. The third kappa shape index (κ3) is 2.03. The summed E-state index contributed by atoms with van der Waals surface area (Å²) in [4.78, 5) is 16.6. The number of fused-ring (bicyclic) bond motifs is 1. The van der Waals surface area contributed by atoms with Gasteiger partial charge in [-0.25, -0.2) is 4.98 Å². The van der Waals surface area contributed by atoms with E-state index in [1.165, 1.54) is 0 Å². The summed E-state index contributed by atoms with van der Waals surface area (Å²) in [6.45, 7) is 4.40. The predicted molar refractivity (Wildman–Crippen MR) is 81.6 cm³/mol. The summed E-state index contributed by atoms with van der Waals surface area (Å²) in [6.07, 6.45) is 3.52. The zero-order chi connectivity index (χ0) is 13.9. The normalized spacial score (nSPS) is 10.6. The van der Waals surface area contributed by atoms with Crippen LogP contribution in [0.2, 0.25) is 0 Å². The Morgan fingerprint density at radius 2 is 1.95 bits per heavy atom. The van der Waals surface area contributed by atoms with Crippen molar-refractivity contribution in [2.24, 2.45) is 0 Å². The monoisotopic (exact) mass is 262 g/mol. The number of rotatable bonds is 3. The molecule has 0 saturated carbocycles. The largest absolute Gasteiger partial charge is 0.321 e. The zero-order valence-corrected chi connectivity index (χ0v) is 11.0. The highest BCUT2D eigenvalue weighted by molar-refractivity contribution is 5.79. The molecule has 0 aliphatic rings. The quantitative estimate of drug-likeness (QED) is 0.679. The lowest BCUT2D eigenvalue weighted by molar-refractivity contribution is 0.847. The smallest absolute Gasteiger partial charge is 0.191 e. The Kier molecular flexibility index (Phi) is 3.17. The topological polar surface area (TPSA) is 34.9 Å². The lowest BCUT2D eigenvalue weighted by Gasteiger charge is -2.14. The summed E-state index contributed by atoms with van der Waals surface area (Å²) in [5, 5.41) is 0.633. The van der Waals surface area contributed by atoms with Crippen molar-refractivity contribution >= 4 is 11.0 Å². The Hall–Kier alpha value is -2.68. The fraction of sp³-hybridized carbons (Fsp3) is 0.0588. The Morgan fingerprint density at radius 3 is 2.70 bits per heavy atom. The fourth-order valence-corrected chi connectivity index (χ4v) is 2.36. The maximum absolute atomic E-state index is 12.3. The molecule has 0 amide bonds. The van der Waals surface area contributed by atoms with E-state index < -0.39 is 0 Å². The first-order valence-electron chi connectivity index (χ1n) is 6.46. The maximum atomic E-state index is 12.3. The summed E-state index contributed by atoms with van der Waals surface area (Å²) in [5.74, 6) is 0. The zero-order valence-electron chi connectivity index (χ0n) is 11.0. The van der Waals surface area contributed by atoms with Gasteiger partial charge >= 0.3 is 0 Å². The molecule has 3 nitrogen and oxygen atoms in total. The minimum Gasteiger partial charge on any atom is -0.321 e. The second-order valence-electron chi connectivity index (χ2n) is 4.53. The molecular formula is C17H14N2O. The van der Waals surface area contributed by atoms with E-state index in [0.717, 1.165) is 11.3 Å². The minimum absolute atomic E-state index is 0.00716. The Labute approximate surface area is 116 Å². The molecule has 0 spiro atoms. The molecule has 2 aromatic heterocycles. The van der Waals surface area contributed by atoms with Crippen molar-refractivity contribution in [1.29, 1.82) is 0 Å². The Balaban J connectivity index is 2.40. The van der Waals surface area contributed by atoms with Crippen molar-refractivity contribution in [3.05, 3.63) is 77.6 Å². The van der Waals surface area contributed by atoms with Gasteiger partial charge in [0.15, 0.2) is 5.43 Å². The molecule has 3 aromatic rings. The highest BCUT2D eigenvalue weighted by atomic mass is 16.1. The first-order chi connectivity index (χ1) is 9.81. The van der Waals surface area contributed by atoms with Crippen molar-refractivity contribution in [2.45, 2.75) is 6.54 Å². The molecule has 0 bridgehead atoms. The molecule has 0 radical (unpaired) electrons. The predicted octanol–water partition coefficient (Wildman–Crippen LogP) is 3.25. The van der Waals surface area contributed by atoms with E-state index in [1.807, 2.05) is 41.0 Å². The Bertz CT molecular complexity index is 819. The number of hydrogen-bond acceptors (Lipinski definition) is 2. The van der Waals surface area contributed by atoms with E-state index in [9.17, 15) is 4.79 Å². The maximum Gasteiger partial charge on any atom is 0.191 e. The molecule has 1 aromatic carbocycles. The second kappa shape index (κ2) is 5.13. The van der Waals surface area contributed by atoms with E-state index in [-0.39, 0.29) is 5.43 Å². The van der Waals surface area contributed by atoms with Crippen LogP contribution in [0.5, 0.6) is 0 Å². The molecule has 0 aliphatic heterocycles. The fourth-order valence-electron chi connectivity index (χ4n) is 2.36. The molecule has 0 fully saturated rings. The number of hydrogen-bond donors (Lipinski definition) is 0. The van der Waals surface area contributed by atoms with Crippen molar-refractivity contribution < 1.29 is 0 Å². The van der Waals surface area contributed by atoms with Crippen molar-refractivity contribution in [3.63, 3.8) is 0 Å². The summed E-state index contributed by atoms with van der Waals surface area (Å²) in [6, 6.07) is 15.1. The van der Waals surface area contributed by atoms with Crippen LogP contribution in [0.25, 0.3) is 22.3 Å². The summed E-state index contributed by atoms with van der Waals surface area (Å²) < 4.78 is 2.01. The molecule has 98 valence electrons. The van der Waals surface area contributed by atoms with Crippen LogP contribution in [0.3, 0.4) is 0 Å². The van der Waals surface area contributed by atoms with Crippen LogP contribution in [0, 0.1) is 0 Å². The summed E-state index contributed by atoms with van der Waals surface area (Å²) in [7, 11) is 0. The van der Waals surface area contributed by atoms with Crippen LogP contribution in [0.4, 0.5) is 0 Å². The average molecular weight is 262 g/mol.